The molecule has 2 saturated heterocycles. The van der Waals surface area contributed by atoms with Crippen LogP contribution < -0.4 is 10.6 Å². The van der Waals surface area contributed by atoms with Gasteiger partial charge in [-0.1, -0.05) is 0 Å². The Balaban J connectivity index is 1.79. The average Bonchev–Trinajstić information content (AvgIpc) is 2.66. The van der Waals surface area contributed by atoms with E-state index in [0.29, 0.717) is 18.8 Å². The van der Waals surface area contributed by atoms with Crippen molar-refractivity contribution in [3.63, 3.8) is 0 Å². The zero-order valence-electron chi connectivity index (χ0n) is 10.4. The summed E-state index contributed by atoms with van der Waals surface area (Å²) in [5.41, 5.74) is -0.774. The molecule has 100 valence electrons. The van der Waals surface area contributed by atoms with E-state index in [4.69, 9.17) is 0 Å². The number of nitrogens with one attached hydrogen (secondary N) is 2. The Morgan fingerprint density at radius 1 is 1.32 bits per heavy atom. The Kier molecular flexibility index (Phi) is 2.90. The van der Waals surface area contributed by atoms with E-state index in [1.807, 2.05) is 0 Å². The van der Waals surface area contributed by atoms with Gasteiger partial charge in [0.1, 0.15) is 11.4 Å². The number of urea groups is 1. The van der Waals surface area contributed by atoms with Crippen LogP contribution in [-0.4, -0.2) is 45.4 Å². The highest BCUT2D eigenvalue weighted by molar-refractivity contribution is 6.07. The third-order valence-electron chi connectivity index (χ3n) is 3.55. The molecule has 2 aliphatic heterocycles. The Morgan fingerprint density at radius 2 is 2.11 bits per heavy atom. The maximum Gasteiger partial charge on any atom is 0.325 e. The highest BCUT2D eigenvalue weighted by Gasteiger charge is 2.51. The fraction of sp³-hybridized carbons (Fsp3) is 0.500. The van der Waals surface area contributed by atoms with Crippen molar-refractivity contribution in [3.05, 3.63) is 24.3 Å². The van der Waals surface area contributed by atoms with Gasteiger partial charge in [0, 0.05) is 18.9 Å². The minimum atomic E-state index is -0.774. The quantitative estimate of drug-likeness (QED) is 0.711. The summed E-state index contributed by atoms with van der Waals surface area (Å²) in [4.78, 5) is 33.7. The zero-order valence-corrected chi connectivity index (χ0v) is 10.4. The normalized spacial score (nSPS) is 26.8. The number of rotatable bonds is 2. The summed E-state index contributed by atoms with van der Waals surface area (Å²) in [6.45, 7) is 1.49. The lowest BCUT2D eigenvalue weighted by Crippen LogP contribution is -2.57. The molecule has 1 aromatic rings. The van der Waals surface area contributed by atoms with Gasteiger partial charge in [-0.2, -0.15) is 0 Å². The standard InChI is InChI=1S/C12H15N5O2/c18-10-12(3-1-4-13-8-12)16-11(19)17(10)7-9-14-5-2-6-15-9/h2,5-6,13H,1,3-4,7-8H2,(H,16,19). The molecule has 3 rings (SSSR count). The van der Waals surface area contributed by atoms with E-state index in [1.54, 1.807) is 18.5 Å². The molecule has 0 aromatic carbocycles. The fourth-order valence-electron chi connectivity index (χ4n) is 2.57. The van der Waals surface area contributed by atoms with Gasteiger partial charge in [-0.15, -0.1) is 0 Å². The number of hydrogen-bond acceptors (Lipinski definition) is 5. The first-order valence-electron chi connectivity index (χ1n) is 6.32. The molecule has 3 amide bonds. The van der Waals surface area contributed by atoms with Gasteiger partial charge in [-0.25, -0.2) is 14.8 Å². The number of carbonyl (C=O) groups excluding carboxylic acids is 2. The van der Waals surface area contributed by atoms with Gasteiger partial charge in [0.2, 0.25) is 0 Å². The number of piperidine rings is 1. The van der Waals surface area contributed by atoms with E-state index in [1.165, 1.54) is 4.90 Å². The SMILES string of the molecule is O=C1NC2(CCCNC2)C(=O)N1Cc1ncccn1. The van der Waals surface area contributed by atoms with Crippen LogP contribution >= 0.6 is 0 Å². The van der Waals surface area contributed by atoms with Crippen LogP contribution in [0.2, 0.25) is 0 Å². The van der Waals surface area contributed by atoms with Crippen LogP contribution in [0.4, 0.5) is 4.79 Å². The zero-order chi connectivity index (χ0) is 13.3. The van der Waals surface area contributed by atoms with Gasteiger partial charge < -0.3 is 10.6 Å². The topological polar surface area (TPSA) is 87.2 Å². The Labute approximate surface area is 110 Å². The first-order chi connectivity index (χ1) is 9.21. The van der Waals surface area contributed by atoms with E-state index in [0.717, 1.165) is 13.0 Å². The predicted molar refractivity (Wildman–Crippen MR) is 65.9 cm³/mol. The van der Waals surface area contributed by atoms with Crippen molar-refractivity contribution >= 4 is 11.9 Å². The summed E-state index contributed by atoms with van der Waals surface area (Å²) < 4.78 is 0. The molecule has 0 radical (unpaired) electrons. The molecule has 1 spiro atoms. The first kappa shape index (κ1) is 12.0. The van der Waals surface area contributed by atoms with E-state index >= 15 is 0 Å². The minimum absolute atomic E-state index is 0.118. The van der Waals surface area contributed by atoms with Crippen LogP contribution in [0.25, 0.3) is 0 Å². The molecule has 2 aliphatic rings. The third kappa shape index (κ3) is 2.06. The largest absolute Gasteiger partial charge is 0.325 e. The summed E-state index contributed by atoms with van der Waals surface area (Å²) in [6.07, 6.45) is 4.75. The average molecular weight is 261 g/mol. The first-order valence-corrected chi connectivity index (χ1v) is 6.32. The van der Waals surface area contributed by atoms with Gasteiger partial charge >= 0.3 is 6.03 Å². The molecule has 3 heterocycles. The van der Waals surface area contributed by atoms with E-state index in [-0.39, 0.29) is 18.5 Å². The number of hydrogen-bond donors (Lipinski definition) is 2. The highest BCUT2D eigenvalue weighted by atomic mass is 16.2. The number of carbonyl (C=O) groups is 2. The lowest BCUT2D eigenvalue weighted by atomic mass is 9.90. The molecule has 1 atom stereocenters. The fourth-order valence-corrected chi connectivity index (χ4v) is 2.57. The molecule has 7 nitrogen and oxygen atoms in total. The van der Waals surface area contributed by atoms with Crippen molar-refractivity contribution in [2.24, 2.45) is 0 Å². The second-order valence-corrected chi connectivity index (χ2v) is 4.85. The van der Waals surface area contributed by atoms with Gasteiger partial charge in [0.05, 0.1) is 6.54 Å². The number of amides is 3. The van der Waals surface area contributed by atoms with E-state index < -0.39 is 5.54 Å². The van der Waals surface area contributed by atoms with E-state index in [2.05, 4.69) is 20.6 Å². The molecule has 7 heteroatoms. The van der Waals surface area contributed by atoms with Gasteiger partial charge in [-0.05, 0) is 25.5 Å². The van der Waals surface area contributed by atoms with Crippen LogP contribution in [0.1, 0.15) is 18.7 Å². The molecule has 1 unspecified atom stereocenters. The van der Waals surface area contributed by atoms with Crippen molar-refractivity contribution in [2.45, 2.75) is 24.9 Å². The number of aromatic nitrogens is 2. The maximum absolute atomic E-state index is 12.4. The third-order valence-corrected chi connectivity index (χ3v) is 3.55. The Bertz CT molecular complexity index is 498. The lowest BCUT2D eigenvalue weighted by Gasteiger charge is -2.31. The Morgan fingerprint density at radius 3 is 2.79 bits per heavy atom. The maximum atomic E-state index is 12.4. The van der Waals surface area contributed by atoms with Crippen molar-refractivity contribution < 1.29 is 9.59 Å². The van der Waals surface area contributed by atoms with Crippen LogP contribution in [0, 0.1) is 0 Å². The Hall–Kier alpha value is -2.02. The second kappa shape index (κ2) is 4.58. The molecule has 0 aliphatic carbocycles. The van der Waals surface area contributed by atoms with Crippen LogP contribution in [-0.2, 0) is 11.3 Å². The predicted octanol–water partition coefficient (Wildman–Crippen LogP) is -0.349. The van der Waals surface area contributed by atoms with Gasteiger partial charge in [-0.3, -0.25) is 9.69 Å². The molecule has 2 fully saturated rings. The molecule has 0 bridgehead atoms. The summed E-state index contributed by atoms with van der Waals surface area (Å²) in [7, 11) is 0. The molecule has 2 N–H and O–H groups in total. The molecular weight excluding hydrogens is 246 g/mol. The van der Waals surface area contributed by atoms with Crippen molar-refractivity contribution in [2.75, 3.05) is 13.1 Å². The molecule has 1 aromatic heterocycles. The van der Waals surface area contributed by atoms with Crippen LogP contribution in [0.15, 0.2) is 18.5 Å². The monoisotopic (exact) mass is 261 g/mol. The van der Waals surface area contributed by atoms with Gasteiger partial charge in [0.25, 0.3) is 5.91 Å². The van der Waals surface area contributed by atoms with Crippen molar-refractivity contribution in [1.82, 2.24) is 25.5 Å². The summed E-state index contributed by atoms with van der Waals surface area (Å²) in [5, 5.41) is 5.97. The van der Waals surface area contributed by atoms with Gasteiger partial charge in [0.15, 0.2) is 0 Å². The van der Waals surface area contributed by atoms with Crippen LogP contribution in [0.5, 0.6) is 0 Å². The summed E-state index contributed by atoms with van der Waals surface area (Å²) in [5.74, 6) is 0.281. The molecule has 0 saturated carbocycles. The molecule has 19 heavy (non-hydrogen) atoms. The van der Waals surface area contributed by atoms with Crippen molar-refractivity contribution in [3.8, 4) is 0 Å². The molecular formula is C12H15N5O2. The summed E-state index contributed by atoms with van der Waals surface area (Å²) in [6, 6.07) is 1.34. The summed E-state index contributed by atoms with van der Waals surface area (Å²) >= 11 is 0. The number of nitrogens with zero attached hydrogens (tertiary/aromatic N) is 3. The van der Waals surface area contributed by atoms with Crippen molar-refractivity contribution in [1.29, 1.82) is 0 Å². The minimum Gasteiger partial charge on any atom is -0.322 e. The highest BCUT2D eigenvalue weighted by Crippen LogP contribution is 2.25. The lowest BCUT2D eigenvalue weighted by molar-refractivity contribution is -0.132. The smallest absolute Gasteiger partial charge is 0.322 e. The second-order valence-electron chi connectivity index (χ2n) is 4.85. The van der Waals surface area contributed by atoms with Crippen LogP contribution in [0.3, 0.4) is 0 Å². The van der Waals surface area contributed by atoms with E-state index in [9.17, 15) is 9.59 Å². The number of imide groups is 1.